The summed E-state index contributed by atoms with van der Waals surface area (Å²) in [6.07, 6.45) is 5.44. The Bertz CT molecular complexity index is 809. The maximum Gasteiger partial charge on any atom is 0.304 e. The highest BCUT2D eigenvalue weighted by atomic mass is 16.6. The lowest BCUT2D eigenvalue weighted by atomic mass is 9.65. The minimum atomic E-state index is -0.734. The number of nitrogens with zero attached hydrogens (tertiary/aromatic N) is 1. The van der Waals surface area contributed by atoms with E-state index in [1.165, 1.54) is 16.5 Å². The van der Waals surface area contributed by atoms with Gasteiger partial charge < -0.3 is 14.9 Å². The van der Waals surface area contributed by atoms with Gasteiger partial charge in [-0.05, 0) is 49.7 Å². The second kappa shape index (κ2) is 6.90. The van der Waals surface area contributed by atoms with Crippen LogP contribution in [0.25, 0.3) is 10.9 Å². The Morgan fingerprint density at radius 2 is 2.32 bits per heavy atom. The number of carbonyl (C=O) groups is 1. The second-order valence-electron chi connectivity index (χ2n) is 7.06. The molecular formula is C20H26N2O3. The van der Waals surface area contributed by atoms with Crippen molar-refractivity contribution in [2.75, 3.05) is 7.11 Å². The number of carboxylic acids is 1. The molecule has 5 nitrogen and oxygen atoms in total. The predicted molar refractivity (Wildman–Crippen MR) is 99.4 cm³/mol. The molecule has 1 aliphatic rings. The van der Waals surface area contributed by atoms with Crippen molar-refractivity contribution in [3.63, 3.8) is 0 Å². The van der Waals surface area contributed by atoms with Crippen LogP contribution >= 0.6 is 0 Å². The third-order valence-electron chi connectivity index (χ3n) is 5.73. The van der Waals surface area contributed by atoms with Crippen molar-refractivity contribution in [2.45, 2.75) is 57.3 Å². The summed E-state index contributed by atoms with van der Waals surface area (Å²) < 4.78 is 0. The molecule has 1 heterocycles. The number of aliphatic carboxylic acids is 1. The first-order valence-corrected chi connectivity index (χ1v) is 8.91. The summed E-state index contributed by atoms with van der Waals surface area (Å²) in [5.41, 5.74) is 4.39. The highest BCUT2D eigenvalue weighted by Crippen LogP contribution is 2.50. The molecule has 0 bridgehead atoms. The fourth-order valence-corrected chi connectivity index (χ4v) is 4.37. The van der Waals surface area contributed by atoms with E-state index in [1.807, 2.05) is 6.21 Å². The van der Waals surface area contributed by atoms with Gasteiger partial charge in [0.1, 0.15) is 7.11 Å². The Morgan fingerprint density at radius 3 is 3.00 bits per heavy atom. The van der Waals surface area contributed by atoms with Gasteiger partial charge in [0.05, 0.1) is 6.42 Å². The SMILES string of the molecule is CC[C@@]1(CC(=O)O)CC[C@H](C/C=N/OC)c2c1[nH]c1c(C)cccc21. The molecule has 1 aromatic heterocycles. The number of hydrogen-bond acceptors (Lipinski definition) is 3. The molecule has 25 heavy (non-hydrogen) atoms. The van der Waals surface area contributed by atoms with E-state index in [4.69, 9.17) is 4.84 Å². The number of para-hydroxylation sites is 1. The predicted octanol–water partition coefficient (Wildman–Crippen LogP) is 4.50. The Morgan fingerprint density at radius 1 is 1.52 bits per heavy atom. The first kappa shape index (κ1) is 17.5. The summed E-state index contributed by atoms with van der Waals surface area (Å²) in [6, 6.07) is 6.31. The van der Waals surface area contributed by atoms with Crippen LogP contribution in [0.15, 0.2) is 23.4 Å². The van der Waals surface area contributed by atoms with E-state index in [-0.39, 0.29) is 11.8 Å². The van der Waals surface area contributed by atoms with Crippen LogP contribution in [0, 0.1) is 6.92 Å². The van der Waals surface area contributed by atoms with Gasteiger partial charge in [-0.3, -0.25) is 4.79 Å². The molecule has 2 atom stereocenters. The van der Waals surface area contributed by atoms with Crippen LogP contribution < -0.4 is 0 Å². The average molecular weight is 342 g/mol. The van der Waals surface area contributed by atoms with Gasteiger partial charge in [-0.15, -0.1) is 0 Å². The lowest BCUT2D eigenvalue weighted by Crippen LogP contribution is -2.34. The van der Waals surface area contributed by atoms with Gasteiger partial charge in [-0.2, -0.15) is 0 Å². The number of aryl methyl sites for hydroxylation is 1. The highest BCUT2D eigenvalue weighted by Gasteiger charge is 2.42. The summed E-state index contributed by atoms with van der Waals surface area (Å²) >= 11 is 0. The fraction of sp³-hybridized carbons (Fsp3) is 0.500. The van der Waals surface area contributed by atoms with Crippen LogP contribution in [0.5, 0.6) is 0 Å². The number of fused-ring (bicyclic) bond motifs is 3. The molecule has 2 aromatic rings. The Balaban J connectivity index is 2.18. The summed E-state index contributed by atoms with van der Waals surface area (Å²) in [5.74, 6) is -0.402. The van der Waals surface area contributed by atoms with Gasteiger partial charge in [0, 0.05) is 28.2 Å². The molecule has 0 amide bonds. The molecule has 0 aliphatic heterocycles. The van der Waals surface area contributed by atoms with E-state index < -0.39 is 5.97 Å². The quantitative estimate of drug-likeness (QED) is 0.599. The monoisotopic (exact) mass is 342 g/mol. The standard InChI is InChI=1S/C20H26N2O3/c1-4-20(12-16(23)24)10-8-14(9-11-21-25-3)17-15-7-5-6-13(2)18(15)22-19(17)20/h5-7,11,14,22H,4,8-10,12H2,1-3H3,(H,23,24)/b21-11+/t14-,20+/m1/s1. The number of aromatic nitrogens is 1. The molecule has 0 spiro atoms. The van der Waals surface area contributed by atoms with Crippen molar-refractivity contribution in [1.82, 2.24) is 4.98 Å². The van der Waals surface area contributed by atoms with E-state index in [0.717, 1.165) is 36.9 Å². The lowest BCUT2D eigenvalue weighted by Gasteiger charge is -2.38. The molecule has 2 N–H and O–H groups in total. The third-order valence-corrected chi connectivity index (χ3v) is 5.73. The van der Waals surface area contributed by atoms with Crippen LogP contribution in [0.1, 0.15) is 61.8 Å². The van der Waals surface area contributed by atoms with E-state index >= 15 is 0 Å². The third kappa shape index (κ3) is 3.03. The molecule has 0 fully saturated rings. The Kier molecular flexibility index (Phi) is 4.84. The van der Waals surface area contributed by atoms with Gasteiger partial charge in [-0.25, -0.2) is 0 Å². The van der Waals surface area contributed by atoms with Crippen LogP contribution in [0.2, 0.25) is 0 Å². The molecule has 134 valence electrons. The van der Waals surface area contributed by atoms with Crippen molar-refractivity contribution in [3.8, 4) is 0 Å². The molecular weight excluding hydrogens is 316 g/mol. The maximum atomic E-state index is 11.6. The maximum absolute atomic E-state index is 11.6. The van der Waals surface area contributed by atoms with Crippen LogP contribution in [0.3, 0.4) is 0 Å². The van der Waals surface area contributed by atoms with Gasteiger partial charge in [0.25, 0.3) is 0 Å². The second-order valence-corrected chi connectivity index (χ2v) is 7.06. The van der Waals surface area contributed by atoms with Crippen LogP contribution in [0.4, 0.5) is 0 Å². The zero-order valence-electron chi connectivity index (χ0n) is 15.1. The topological polar surface area (TPSA) is 74.7 Å². The zero-order valence-corrected chi connectivity index (χ0v) is 15.1. The number of aromatic amines is 1. The Hall–Kier alpha value is -2.30. The molecule has 0 radical (unpaired) electrons. The molecule has 3 rings (SSSR count). The molecule has 0 saturated carbocycles. The summed E-state index contributed by atoms with van der Waals surface area (Å²) in [6.45, 7) is 4.19. The molecule has 0 saturated heterocycles. The van der Waals surface area contributed by atoms with Gasteiger partial charge in [0.2, 0.25) is 0 Å². The number of H-pyrrole nitrogens is 1. The lowest BCUT2D eigenvalue weighted by molar-refractivity contribution is -0.138. The minimum absolute atomic E-state index is 0.168. The first-order valence-electron chi connectivity index (χ1n) is 8.91. The molecule has 5 heteroatoms. The molecule has 1 aliphatic carbocycles. The number of carboxylic acid groups (broad SMARTS) is 1. The highest BCUT2D eigenvalue weighted by molar-refractivity contribution is 5.89. The number of oxime groups is 1. The van der Waals surface area contributed by atoms with E-state index in [1.54, 1.807) is 7.11 Å². The van der Waals surface area contributed by atoms with E-state index in [9.17, 15) is 9.90 Å². The summed E-state index contributed by atoms with van der Waals surface area (Å²) in [7, 11) is 1.55. The van der Waals surface area contributed by atoms with Crippen molar-refractivity contribution >= 4 is 23.1 Å². The average Bonchev–Trinajstić information content (AvgIpc) is 2.99. The summed E-state index contributed by atoms with van der Waals surface area (Å²) in [4.78, 5) is 20.0. The van der Waals surface area contributed by atoms with Crippen molar-refractivity contribution in [1.29, 1.82) is 0 Å². The van der Waals surface area contributed by atoms with Crippen molar-refractivity contribution < 1.29 is 14.7 Å². The number of hydrogen-bond donors (Lipinski definition) is 2. The molecule has 1 aromatic carbocycles. The van der Waals surface area contributed by atoms with Crippen molar-refractivity contribution in [2.24, 2.45) is 5.16 Å². The fourth-order valence-electron chi connectivity index (χ4n) is 4.37. The van der Waals surface area contributed by atoms with Crippen LogP contribution in [-0.4, -0.2) is 29.4 Å². The smallest absolute Gasteiger partial charge is 0.304 e. The zero-order chi connectivity index (χ0) is 18.0. The van der Waals surface area contributed by atoms with Gasteiger partial charge in [-0.1, -0.05) is 30.3 Å². The van der Waals surface area contributed by atoms with Crippen molar-refractivity contribution in [3.05, 3.63) is 35.0 Å². The largest absolute Gasteiger partial charge is 0.481 e. The normalized spacial score (nSPS) is 23.1. The van der Waals surface area contributed by atoms with Gasteiger partial charge >= 0.3 is 5.97 Å². The van der Waals surface area contributed by atoms with Gasteiger partial charge in [0.15, 0.2) is 0 Å². The number of benzene rings is 1. The summed E-state index contributed by atoms with van der Waals surface area (Å²) in [5, 5.41) is 14.6. The van der Waals surface area contributed by atoms with Crippen LogP contribution in [-0.2, 0) is 15.0 Å². The molecule has 0 unspecified atom stereocenters. The number of rotatable bonds is 6. The Labute approximate surface area is 148 Å². The minimum Gasteiger partial charge on any atom is -0.481 e. The van der Waals surface area contributed by atoms with E-state index in [0.29, 0.717) is 5.92 Å². The first-order chi connectivity index (χ1) is 12.0. The van der Waals surface area contributed by atoms with E-state index in [2.05, 4.69) is 42.2 Å². The number of nitrogens with one attached hydrogen (secondary N) is 1.